The number of anilines is 2. The average molecular weight is 514 g/mol. The topological polar surface area (TPSA) is 60.0 Å². The molecule has 1 heterocycles. The summed E-state index contributed by atoms with van der Waals surface area (Å²) >= 11 is 0. The molecule has 0 spiro atoms. The van der Waals surface area contributed by atoms with Crippen molar-refractivity contribution in [2.75, 3.05) is 25.6 Å². The first-order chi connectivity index (χ1) is 10.3. The second kappa shape index (κ2) is 8.17. The maximum absolute atomic E-state index is 9.99. The fraction of sp³-hybridized carbons (Fsp3) is 0.250. The van der Waals surface area contributed by atoms with Gasteiger partial charge >= 0.3 is 0 Å². The van der Waals surface area contributed by atoms with Gasteiger partial charge in [0.1, 0.15) is 0 Å². The molecule has 1 saturated heterocycles. The SMILES string of the molecule is COc1cc(C2OCCO2)c(Nc2ccccc2)cc1O.[Ac]. The molecule has 2 N–H and O–H groups in total. The molecule has 3 rings (SSSR count). The van der Waals surface area contributed by atoms with Gasteiger partial charge in [-0.05, 0) is 18.2 Å². The predicted molar refractivity (Wildman–Crippen MR) is 79.0 cm³/mol. The molecule has 2 aromatic rings. The molecule has 0 aliphatic carbocycles. The molecule has 1 aliphatic heterocycles. The molecule has 0 aromatic heterocycles. The maximum Gasteiger partial charge on any atom is 0.186 e. The van der Waals surface area contributed by atoms with Crippen LogP contribution in [0.2, 0.25) is 0 Å². The first-order valence-corrected chi connectivity index (χ1v) is 6.74. The van der Waals surface area contributed by atoms with Crippen LogP contribution in [-0.4, -0.2) is 25.4 Å². The number of ether oxygens (including phenoxy) is 3. The largest absolute Gasteiger partial charge is 0.504 e. The molecule has 113 valence electrons. The monoisotopic (exact) mass is 514 g/mol. The van der Waals surface area contributed by atoms with Crippen LogP contribution in [0.1, 0.15) is 11.9 Å². The molecule has 0 atom stereocenters. The number of hydrogen-bond donors (Lipinski definition) is 2. The summed E-state index contributed by atoms with van der Waals surface area (Å²) in [6, 6.07) is 13.1. The maximum atomic E-state index is 9.99. The third-order valence-corrected chi connectivity index (χ3v) is 3.28. The van der Waals surface area contributed by atoms with Gasteiger partial charge in [-0.25, -0.2) is 0 Å². The van der Waals surface area contributed by atoms with Crippen LogP contribution in [0.5, 0.6) is 11.5 Å². The van der Waals surface area contributed by atoms with Crippen molar-refractivity contribution >= 4 is 11.4 Å². The van der Waals surface area contributed by atoms with Gasteiger partial charge in [-0.15, -0.1) is 0 Å². The van der Waals surface area contributed by atoms with Gasteiger partial charge in [-0.3, -0.25) is 0 Å². The summed E-state index contributed by atoms with van der Waals surface area (Å²) in [5.41, 5.74) is 2.44. The first kappa shape index (κ1) is 17.6. The third kappa shape index (κ3) is 3.94. The van der Waals surface area contributed by atoms with E-state index in [-0.39, 0.29) is 49.8 Å². The molecular formula is C16H17AcNO4. The van der Waals surface area contributed by atoms with Crippen LogP contribution in [0.3, 0.4) is 0 Å². The van der Waals surface area contributed by atoms with Crippen molar-refractivity contribution in [3.05, 3.63) is 48.0 Å². The molecular weight excluding hydrogens is 497 g/mol. The van der Waals surface area contributed by atoms with Gasteiger partial charge in [0, 0.05) is 61.4 Å². The zero-order valence-electron chi connectivity index (χ0n) is 12.3. The zero-order chi connectivity index (χ0) is 14.7. The zero-order valence-corrected chi connectivity index (χ0v) is 17.0. The Morgan fingerprint density at radius 2 is 1.82 bits per heavy atom. The number of nitrogens with one attached hydrogen (secondary N) is 1. The van der Waals surface area contributed by atoms with Crippen LogP contribution in [0.15, 0.2) is 42.5 Å². The summed E-state index contributed by atoms with van der Waals surface area (Å²) in [5, 5.41) is 13.3. The van der Waals surface area contributed by atoms with E-state index in [0.29, 0.717) is 19.0 Å². The van der Waals surface area contributed by atoms with Crippen molar-refractivity contribution in [1.29, 1.82) is 0 Å². The van der Waals surface area contributed by atoms with E-state index in [4.69, 9.17) is 14.2 Å². The first-order valence-electron chi connectivity index (χ1n) is 6.74. The van der Waals surface area contributed by atoms with E-state index in [9.17, 15) is 5.11 Å². The van der Waals surface area contributed by atoms with E-state index in [1.807, 2.05) is 30.3 Å². The van der Waals surface area contributed by atoms with Crippen LogP contribution in [0, 0.1) is 44.1 Å². The average Bonchev–Trinajstić information content (AvgIpc) is 3.03. The second-order valence-corrected chi connectivity index (χ2v) is 4.68. The van der Waals surface area contributed by atoms with Gasteiger partial charge < -0.3 is 24.6 Å². The quantitative estimate of drug-likeness (QED) is 0.657. The van der Waals surface area contributed by atoms with Crippen LogP contribution >= 0.6 is 0 Å². The van der Waals surface area contributed by atoms with Gasteiger partial charge in [-0.1, -0.05) is 18.2 Å². The van der Waals surface area contributed by atoms with Crippen molar-refractivity contribution in [3.8, 4) is 11.5 Å². The Labute approximate surface area is 165 Å². The van der Waals surface area contributed by atoms with Crippen LogP contribution in [0.4, 0.5) is 11.4 Å². The van der Waals surface area contributed by atoms with Gasteiger partial charge in [0.25, 0.3) is 0 Å². The summed E-state index contributed by atoms with van der Waals surface area (Å²) in [6.07, 6.45) is -0.453. The van der Waals surface area contributed by atoms with E-state index < -0.39 is 6.29 Å². The number of para-hydroxylation sites is 1. The molecule has 0 amide bonds. The summed E-state index contributed by atoms with van der Waals surface area (Å²) < 4.78 is 16.3. The molecule has 22 heavy (non-hydrogen) atoms. The number of rotatable bonds is 4. The van der Waals surface area contributed by atoms with Crippen LogP contribution in [-0.2, 0) is 9.47 Å². The smallest absolute Gasteiger partial charge is 0.186 e. The van der Waals surface area contributed by atoms with Crippen LogP contribution < -0.4 is 10.1 Å². The molecule has 0 unspecified atom stereocenters. The Morgan fingerprint density at radius 3 is 2.45 bits per heavy atom. The van der Waals surface area contributed by atoms with Gasteiger partial charge in [0.15, 0.2) is 17.8 Å². The predicted octanol–water partition coefficient (Wildman–Crippen LogP) is 3.19. The van der Waals surface area contributed by atoms with Crippen molar-refractivity contribution in [3.63, 3.8) is 0 Å². The number of phenolic OH excluding ortho intramolecular Hbond substituents is 1. The van der Waals surface area contributed by atoms with E-state index in [1.165, 1.54) is 7.11 Å². The third-order valence-electron chi connectivity index (χ3n) is 3.28. The minimum atomic E-state index is -0.453. The minimum absolute atomic E-state index is 0. The molecule has 2 aromatic carbocycles. The van der Waals surface area contributed by atoms with Crippen molar-refractivity contribution in [1.82, 2.24) is 0 Å². The molecule has 5 nitrogen and oxygen atoms in total. The van der Waals surface area contributed by atoms with E-state index in [1.54, 1.807) is 12.1 Å². The number of aromatic hydroxyl groups is 1. The standard InChI is InChI=1S/C16H17NO4.Ac/c1-19-15-9-12(16-20-7-8-21-16)13(10-14(15)18)17-11-5-3-2-4-6-11;/h2-6,9-10,16-18H,7-8H2,1H3;. The summed E-state index contributed by atoms with van der Waals surface area (Å²) in [5.74, 6) is 0.459. The number of phenols is 1. The van der Waals surface area contributed by atoms with Gasteiger partial charge in [0.05, 0.1) is 26.0 Å². The van der Waals surface area contributed by atoms with E-state index in [0.717, 1.165) is 16.9 Å². The Kier molecular flexibility index (Phi) is 6.52. The molecule has 1 aliphatic rings. The molecule has 0 saturated carbocycles. The molecule has 6 heteroatoms. The Morgan fingerprint density at radius 1 is 1.14 bits per heavy atom. The van der Waals surface area contributed by atoms with Crippen molar-refractivity contribution in [2.45, 2.75) is 6.29 Å². The van der Waals surface area contributed by atoms with E-state index >= 15 is 0 Å². The summed E-state index contributed by atoms with van der Waals surface area (Å²) in [4.78, 5) is 0. The molecule has 1 radical (unpaired) electrons. The van der Waals surface area contributed by atoms with Gasteiger partial charge in [-0.2, -0.15) is 0 Å². The van der Waals surface area contributed by atoms with E-state index in [2.05, 4.69) is 5.32 Å². The Bertz CT molecular complexity index is 615. The molecule has 0 bridgehead atoms. The summed E-state index contributed by atoms with van der Waals surface area (Å²) in [7, 11) is 1.51. The second-order valence-electron chi connectivity index (χ2n) is 4.68. The van der Waals surface area contributed by atoms with Crippen LogP contribution in [0.25, 0.3) is 0 Å². The number of methoxy groups -OCH3 is 1. The van der Waals surface area contributed by atoms with Crippen molar-refractivity contribution in [2.24, 2.45) is 0 Å². The minimum Gasteiger partial charge on any atom is -0.504 e. The Balaban J connectivity index is 0.00000176. The Hall–Kier alpha value is -0.798. The molecule has 1 fully saturated rings. The van der Waals surface area contributed by atoms with Crippen molar-refractivity contribution < 1.29 is 63.4 Å². The number of hydrogen-bond acceptors (Lipinski definition) is 5. The summed E-state index contributed by atoms with van der Waals surface area (Å²) in [6.45, 7) is 1.11. The number of benzene rings is 2. The normalized spacial score (nSPS) is 14.4. The fourth-order valence-corrected chi connectivity index (χ4v) is 2.27. The van der Waals surface area contributed by atoms with Gasteiger partial charge in [0.2, 0.25) is 0 Å². The fourth-order valence-electron chi connectivity index (χ4n) is 2.27.